The highest BCUT2D eigenvalue weighted by Gasteiger charge is 2.38. The normalized spacial score (nSPS) is 24.4. The summed E-state index contributed by atoms with van der Waals surface area (Å²) in [6, 6.07) is 0. The van der Waals surface area contributed by atoms with E-state index in [1.54, 1.807) is 0 Å². The van der Waals surface area contributed by atoms with Crippen LogP contribution in [-0.4, -0.2) is 38.6 Å². The van der Waals surface area contributed by atoms with Gasteiger partial charge in [0.2, 0.25) is 0 Å². The molecule has 3 heteroatoms. The van der Waals surface area contributed by atoms with Gasteiger partial charge in [0.15, 0.2) is 0 Å². The van der Waals surface area contributed by atoms with Crippen LogP contribution in [0.15, 0.2) is 0 Å². The second-order valence-corrected chi connectivity index (χ2v) is 4.07. The summed E-state index contributed by atoms with van der Waals surface area (Å²) in [7, 11) is 0. The maximum Gasteiger partial charge on any atom is 0.110 e. The Balaban J connectivity index is 1.81. The Morgan fingerprint density at radius 1 is 0.867 bits per heavy atom. The van der Waals surface area contributed by atoms with E-state index in [0.717, 1.165) is 39.3 Å². The lowest BCUT2D eigenvalue weighted by Crippen LogP contribution is -2.10. The first-order chi connectivity index (χ1) is 7.38. The molecule has 2 atom stereocenters. The SMILES string of the molecule is CCCCOC[C@H]1O[C@@H]1COCCCC. The highest BCUT2D eigenvalue weighted by molar-refractivity contribution is 4.84. The zero-order chi connectivity index (χ0) is 10.9. The minimum atomic E-state index is 0.295. The zero-order valence-electron chi connectivity index (χ0n) is 10.0. The fourth-order valence-corrected chi connectivity index (χ4v) is 1.36. The second-order valence-electron chi connectivity index (χ2n) is 4.07. The summed E-state index contributed by atoms with van der Waals surface area (Å²) in [6.07, 6.45) is 5.26. The number of ether oxygens (including phenoxy) is 3. The molecule has 1 aliphatic heterocycles. The molecular weight excluding hydrogens is 192 g/mol. The molecule has 0 bridgehead atoms. The molecule has 90 valence electrons. The molecule has 0 N–H and O–H groups in total. The lowest BCUT2D eigenvalue weighted by Gasteiger charge is -2.01. The Morgan fingerprint density at radius 3 is 1.73 bits per heavy atom. The van der Waals surface area contributed by atoms with Crippen LogP contribution in [0.25, 0.3) is 0 Å². The third kappa shape index (κ3) is 6.13. The minimum Gasteiger partial charge on any atom is -0.379 e. The predicted octanol–water partition coefficient (Wildman–Crippen LogP) is 2.39. The zero-order valence-corrected chi connectivity index (χ0v) is 10.0. The Morgan fingerprint density at radius 2 is 1.33 bits per heavy atom. The molecule has 0 aliphatic carbocycles. The molecule has 0 aromatic carbocycles. The van der Waals surface area contributed by atoms with Crippen molar-refractivity contribution >= 4 is 0 Å². The van der Waals surface area contributed by atoms with Gasteiger partial charge in [-0.15, -0.1) is 0 Å². The van der Waals surface area contributed by atoms with Crippen molar-refractivity contribution in [1.82, 2.24) is 0 Å². The summed E-state index contributed by atoms with van der Waals surface area (Å²) in [4.78, 5) is 0. The molecule has 0 unspecified atom stereocenters. The van der Waals surface area contributed by atoms with Crippen molar-refractivity contribution < 1.29 is 14.2 Å². The maximum absolute atomic E-state index is 5.48. The van der Waals surface area contributed by atoms with Crippen molar-refractivity contribution in [3.8, 4) is 0 Å². The van der Waals surface area contributed by atoms with Crippen LogP contribution in [-0.2, 0) is 14.2 Å². The van der Waals surface area contributed by atoms with Gasteiger partial charge in [0.25, 0.3) is 0 Å². The van der Waals surface area contributed by atoms with E-state index in [1.165, 1.54) is 12.8 Å². The van der Waals surface area contributed by atoms with Gasteiger partial charge in [-0.05, 0) is 12.8 Å². The first-order valence-electron chi connectivity index (χ1n) is 6.19. The van der Waals surface area contributed by atoms with Gasteiger partial charge in [-0.1, -0.05) is 26.7 Å². The monoisotopic (exact) mass is 216 g/mol. The van der Waals surface area contributed by atoms with Crippen LogP contribution in [0.5, 0.6) is 0 Å². The summed E-state index contributed by atoms with van der Waals surface area (Å²) in [5.41, 5.74) is 0. The van der Waals surface area contributed by atoms with E-state index in [1.807, 2.05) is 0 Å². The lowest BCUT2D eigenvalue weighted by molar-refractivity contribution is 0.112. The third-order valence-electron chi connectivity index (χ3n) is 2.54. The number of hydrogen-bond acceptors (Lipinski definition) is 3. The Labute approximate surface area is 93.1 Å². The van der Waals surface area contributed by atoms with Gasteiger partial charge in [0.1, 0.15) is 12.2 Å². The average molecular weight is 216 g/mol. The molecule has 1 heterocycles. The Kier molecular flexibility index (Phi) is 6.98. The van der Waals surface area contributed by atoms with E-state index in [4.69, 9.17) is 14.2 Å². The molecular formula is C12H24O3. The van der Waals surface area contributed by atoms with Gasteiger partial charge in [0, 0.05) is 13.2 Å². The van der Waals surface area contributed by atoms with Crippen molar-refractivity contribution in [3.63, 3.8) is 0 Å². The highest BCUT2D eigenvalue weighted by atomic mass is 16.6. The average Bonchev–Trinajstić information content (AvgIpc) is 2.99. The lowest BCUT2D eigenvalue weighted by atomic mass is 10.3. The molecule has 3 nitrogen and oxygen atoms in total. The molecule has 0 amide bonds. The van der Waals surface area contributed by atoms with Gasteiger partial charge < -0.3 is 14.2 Å². The van der Waals surface area contributed by atoms with Gasteiger partial charge in [-0.3, -0.25) is 0 Å². The second kappa shape index (κ2) is 8.08. The smallest absolute Gasteiger partial charge is 0.110 e. The van der Waals surface area contributed by atoms with Crippen LogP contribution >= 0.6 is 0 Å². The molecule has 0 aromatic heterocycles. The van der Waals surface area contributed by atoms with Crippen LogP contribution in [0.1, 0.15) is 39.5 Å². The number of rotatable bonds is 10. The third-order valence-corrected chi connectivity index (χ3v) is 2.54. The highest BCUT2D eigenvalue weighted by Crippen LogP contribution is 2.22. The van der Waals surface area contributed by atoms with Crippen LogP contribution in [0.4, 0.5) is 0 Å². The number of hydrogen-bond donors (Lipinski definition) is 0. The van der Waals surface area contributed by atoms with Crippen molar-refractivity contribution in [1.29, 1.82) is 0 Å². The Bertz CT molecular complexity index is 134. The molecule has 0 spiro atoms. The first kappa shape index (κ1) is 12.9. The van der Waals surface area contributed by atoms with E-state index < -0.39 is 0 Å². The summed E-state index contributed by atoms with van der Waals surface area (Å²) in [6.45, 7) is 7.53. The van der Waals surface area contributed by atoms with Gasteiger partial charge in [-0.25, -0.2) is 0 Å². The van der Waals surface area contributed by atoms with Gasteiger partial charge in [0.05, 0.1) is 13.2 Å². The van der Waals surface area contributed by atoms with Crippen LogP contribution in [0, 0.1) is 0 Å². The quantitative estimate of drug-likeness (QED) is 0.415. The van der Waals surface area contributed by atoms with E-state index in [0.29, 0.717) is 12.2 Å². The Hall–Kier alpha value is -0.120. The largest absolute Gasteiger partial charge is 0.379 e. The topological polar surface area (TPSA) is 31.0 Å². The molecule has 1 aliphatic rings. The molecule has 15 heavy (non-hydrogen) atoms. The van der Waals surface area contributed by atoms with Crippen molar-refractivity contribution in [3.05, 3.63) is 0 Å². The maximum atomic E-state index is 5.48. The fraction of sp³-hybridized carbons (Fsp3) is 1.00. The van der Waals surface area contributed by atoms with E-state index in [-0.39, 0.29) is 0 Å². The van der Waals surface area contributed by atoms with Crippen molar-refractivity contribution in [2.24, 2.45) is 0 Å². The van der Waals surface area contributed by atoms with Crippen LogP contribution < -0.4 is 0 Å². The summed E-state index contributed by atoms with van der Waals surface area (Å²) < 4.78 is 16.4. The molecule has 0 radical (unpaired) electrons. The molecule has 0 aromatic rings. The van der Waals surface area contributed by atoms with Crippen LogP contribution in [0.2, 0.25) is 0 Å². The van der Waals surface area contributed by atoms with Crippen molar-refractivity contribution in [2.75, 3.05) is 26.4 Å². The minimum absolute atomic E-state index is 0.295. The molecule has 1 saturated heterocycles. The van der Waals surface area contributed by atoms with Crippen molar-refractivity contribution in [2.45, 2.75) is 51.7 Å². The van der Waals surface area contributed by atoms with E-state index in [9.17, 15) is 0 Å². The van der Waals surface area contributed by atoms with Gasteiger partial charge >= 0.3 is 0 Å². The van der Waals surface area contributed by atoms with Crippen LogP contribution in [0.3, 0.4) is 0 Å². The van der Waals surface area contributed by atoms with E-state index >= 15 is 0 Å². The first-order valence-corrected chi connectivity index (χ1v) is 6.19. The predicted molar refractivity (Wildman–Crippen MR) is 60.1 cm³/mol. The summed E-state index contributed by atoms with van der Waals surface area (Å²) >= 11 is 0. The molecule has 0 saturated carbocycles. The number of epoxide rings is 1. The summed E-state index contributed by atoms with van der Waals surface area (Å²) in [5, 5.41) is 0. The summed E-state index contributed by atoms with van der Waals surface area (Å²) in [5.74, 6) is 0. The fourth-order valence-electron chi connectivity index (χ4n) is 1.36. The number of unbranched alkanes of at least 4 members (excludes halogenated alkanes) is 2. The standard InChI is InChI=1S/C12H24O3/c1-3-5-7-13-9-11-12(15-11)10-14-8-6-4-2/h11-12H,3-10H2,1-2H3/t11-,12-/m1/s1. The molecule has 1 fully saturated rings. The van der Waals surface area contributed by atoms with E-state index in [2.05, 4.69) is 13.8 Å². The van der Waals surface area contributed by atoms with Gasteiger partial charge in [-0.2, -0.15) is 0 Å². The molecule has 1 rings (SSSR count).